The summed E-state index contributed by atoms with van der Waals surface area (Å²) in [6.45, 7) is 6.19. The minimum atomic E-state index is -0.841. The summed E-state index contributed by atoms with van der Waals surface area (Å²) in [6, 6.07) is 0. The first kappa shape index (κ1) is 58.3. The molecule has 0 saturated heterocycles. The molecule has 0 heterocycles. The lowest BCUT2D eigenvalue weighted by atomic mass is 10.1. The van der Waals surface area contributed by atoms with Crippen molar-refractivity contribution in [3.05, 3.63) is 146 Å². The van der Waals surface area contributed by atoms with E-state index in [1.807, 2.05) is 24.3 Å². The zero-order valence-corrected chi connectivity index (χ0v) is 39.8. The van der Waals surface area contributed by atoms with Crippen molar-refractivity contribution in [3.8, 4) is 0 Å². The van der Waals surface area contributed by atoms with Crippen LogP contribution in [-0.2, 0) is 28.6 Å². The largest absolute Gasteiger partial charge is 0.462 e. The lowest BCUT2D eigenvalue weighted by Crippen LogP contribution is -2.30. The summed E-state index contributed by atoms with van der Waals surface area (Å²) in [5, 5.41) is 0. The fourth-order valence-electron chi connectivity index (χ4n) is 5.79. The summed E-state index contributed by atoms with van der Waals surface area (Å²) in [4.78, 5) is 37.7. The van der Waals surface area contributed by atoms with E-state index < -0.39 is 6.10 Å². The minimum absolute atomic E-state index is 0.147. The number of rotatable bonds is 41. The number of unbranched alkanes of at least 4 members (excludes halogenated alkanes) is 6. The van der Waals surface area contributed by atoms with Crippen LogP contribution in [0, 0.1) is 0 Å². The minimum Gasteiger partial charge on any atom is -0.462 e. The second-order valence-corrected chi connectivity index (χ2v) is 15.3. The second kappa shape index (κ2) is 49.9. The number of esters is 3. The van der Waals surface area contributed by atoms with Crippen LogP contribution in [0.5, 0.6) is 0 Å². The molecule has 0 bridgehead atoms. The second-order valence-electron chi connectivity index (χ2n) is 15.3. The van der Waals surface area contributed by atoms with Gasteiger partial charge in [0.05, 0.1) is 0 Å². The monoisotopic (exact) mass is 867 g/mol. The maximum atomic E-state index is 12.6. The molecule has 0 fully saturated rings. The van der Waals surface area contributed by atoms with Gasteiger partial charge in [-0.25, -0.2) is 0 Å². The quantitative estimate of drug-likeness (QED) is 0.0264. The maximum Gasteiger partial charge on any atom is 0.306 e. The lowest BCUT2D eigenvalue weighted by molar-refractivity contribution is -0.166. The average molecular weight is 867 g/mol. The summed E-state index contributed by atoms with van der Waals surface area (Å²) in [7, 11) is 0. The van der Waals surface area contributed by atoms with Crippen LogP contribution < -0.4 is 0 Å². The molecule has 0 aliphatic carbocycles. The molecule has 0 aromatic rings. The number of hydrogen-bond acceptors (Lipinski definition) is 6. The Kier molecular flexibility index (Phi) is 46.2. The molecule has 0 aromatic carbocycles. The summed E-state index contributed by atoms with van der Waals surface area (Å²) < 4.78 is 16.5. The van der Waals surface area contributed by atoms with Crippen molar-refractivity contribution in [3.63, 3.8) is 0 Å². The molecule has 0 aliphatic heterocycles. The van der Waals surface area contributed by atoms with Gasteiger partial charge in [-0.15, -0.1) is 0 Å². The number of carbonyl (C=O) groups is 3. The Morgan fingerprint density at radius 2 is 0.619 bits per heavy atom. The van der Waals surface area contributed by atoms with Crippen LogP contribution in [0.1, 0.15) is 175 Å². The van der Waals surface area contributed by atoms with E-state index in [4.69, 9.17) is 14.2 Å². The van der Waals surface area contributed by atoms with Gasteiger partial charge in [-0.3, -0.25) is 14.4 Å². The molecule has 0 unspecified atom stereocenters. The first-order chi connectivity index (χ1) is 31.0. The van der Waals surface area contributed by atoms with Crippen molar-refractivity contribution < 1.29 is 28.6 Å². The third kappa shape index (κ3) is 48.2. The van der Waals surface area contributed by atoms with Crippen LogP contribution in [0.4, 0.5) is 0 Å². The Morgan fingerprint density at radius 3 is 0.937 bits per heavy atom. The van der Waals surface area contributed by atoms with Crippen molar-refractivity contribution in [1.29, 1.82) is 0 Å². The summed E-state index contributed by atoms with van der Waals surface area (Å²) in [6.07, 6.45) is 71.6. The van der Waals surface area contributed by atoms with Gasteiger partial charge in [0, 0.05) is 19.3 Å². The molecule has 0 saturated carbocycles. The van der Waals surface area contributed by atoms with E-state index in [0.717, 1.165) is 96.3 Å². The topological polar surface area (TPSA) is 78.9 Å². The van der Waals surface area contributed by atoms with Crippen molar-refractivity contribution >= 4 is 17.9 Å². The van der Waals surface area contributed by atoms with Crippen LogP contribution >= 0.6 is 0 Å². The molecular formula is C57H86O6. The Labute approximate surface area is 385 Å². The predicted molar refractivity (Wildman–Crippen MR) is 269 cm³/mol. The number of hydrogen-bond donors (Lipinski definition) is 0. The Hall–Kier alpha value is -4.71. The molecule has 0 amide bonds. The van der Waals surface area contributed by atoms with Crippen molar-refractivity contribution in [2.24, 2.45) is 0 Å². The van der Waals surface area contributed by atoms with Gasteiger partial charge in [-0.1, -0.05) is 205 Å². The first-order valence-electron chi connectivity index (χ1n) is 24.3. The SMILES string of the molecule is CC/C=C\C/C=C\C/C=C\C/C=C\C/C=C\C/C=C\CCC(=O)OCC(COC(=O)CC/C=C\C/C=C\C/C=C\C/C=C\C/C=C\C/C=C\CC)OC(=O)CCCCCCCCC. The fourth-order valence-corrected chi connectivity index (χ4v) is 5.79. The third-order valence-corrected chi connectivity index (χ3v) is 9.37. The van der Waals surface area contributed by atoms with Gasteiger partial charge >= 0.3 is 17.9 Å². The zero-order valence-electron chi connectivity index (χ0n) is 39.8. The van der Waals surface area contributed by atoms with E-state index in [1.165, 1.54) is 25.7 Å². The van der Waals surface area contributed by atoms with Crippen LogP contribution in [0.25, 0.3) is 0 Å². The number of ether oxygens (including phenoxy) is 3. The van der Waals surface area contributed by atoms with Crippen LogP contribution in [-0.4, -0.2) is 37.2 Å². The number of carbonyl (C=O) groups excluding carboxylic acids is 3. The number of allylic oxidation sites excluding steroid dienone is 24. The zero-order chi connectivity index (χ0) is 45.8. The highest BCUT2D eigenvalue weighted by atomic mass is 16.6. The molecule has 0 aliphatic rings. The van der Waals surface area contributed by atoms with Gasteiger partial charge in [0.2, 0.25) is 0 Å². The van der Waals surface area contributed by atoms with Gasteiger partial charge in [0.15, 0.2) is 6.10 Å². The van der Waals surface area contributed by atoms with E-state index in [0.29, 0.717) is 12.8 Å². The molecule has 63 heavy (non-hydrogen) atoms. The maximum absolute atomic E-state index is 12.6. The van der Waals surface area contributed by atoms with Crippen molar-refractivity contribution in [2.75, 3.05) is 13.2 Å². The molecule has 0 rings (SSSR count). The Bertz CT molecular complexity index is 1370. The highest BCUT2D eigenvalue weighted by Crippen LogP contribution is 2.11. The van der Waals surface area contributed by atoms with E-state index >= 15 is 0 Å². The van der Waals surface area contributed by atoms with E-state index in [-0.39, 0.29) is 50.4 Å². The molecule has 6 nitrogen and oxygen atoms in total. The molecule has 350 valence electrons. The van der Waals surface area contributed by atoms with Gasteiger partial charge in [-0.2, -0.15) is 0 Å². The summed E-state index contributed by atoms with van der Waals surface area (Å²) in [5.41, 5.74) is 0. The van der Waals surface area contributed by atoms with E-state index in [1.54, 1.807) is 0 Å². The Morgan fingerprint density at radius 1 is 0.333 bits per heavy atom. The van der Waals surface area contributed by atoms with Crippen molar-refractivity contribution in [2.45, 2.75) is 181 Å². The normalized spacial score (nSPS) is 13.0. The van der Waals surface area contributed by atoms with Crippen molar-refractivity contribution in [1.82, 2.24) is 0 Å². The first-order valence-corrected chi connectivity index (χ1v) is 24.3. The van der Waals surface area contributed by atoms with Gasteiger partial charge in [0.25, 0.3) is 0 Å². The smallest absolute Gasteiger partial charge is 0.306 e. The molecule has 0 atom stereocenters. The summed E-state index contributed by atoms with van der Waals surface area (Å²) >= 11 is 0. The molecule has 6 heteroatoms. The van der Waals surface area contributed by atoms with E-state index in [2.05, 4.69) is 142 Å². The van der Waals surface area contributed by atoms with Gasteiger partial charge in [0.1, 0.15) is 13.2 Å². The van der Waals surface area contributed by atoms with Crippen LogP contribution in [0.3, 0.4) is 0 Å². The fraction of sp³-hybridized carbons (Fsp3) is 0.526. The molecule has 0 N–H and O–H groups in total. The predicted octanol–water partition coefficient (Wildman–Crippen LogP) is 16.1. The Balaban J connectivity index is 4.51. The highest BCUT2D eigenvalue weighted by Gasteiger charge is 2.19. The van der Waals surface area contributed by atoms with E-state index in [9.17, 15) is 14.4 Å². The standard InChI is InChI=1S/C57H86O6/c1-4-7-10-13-16-18-20-22-24-26-28-30-32-34-36-38-41-43-46-49-55(58)61-52-54(63-57(60)51-48-45-40-15-12-9-6-3)53-62-56(59)50-47-44-42-39-37-35-33-31-29-27-25-23-21-19-17-14-11-8-5-2/h7-8,10-11,16-19,22-25,28-31,34-37,41-44,54H,4-6,9,12-15,20-21,26-27,32-33,38-40,45-53H2,1-3H3/b10-7-,11-8-,18-16-,19-17-,24-22-,25-23-,30-28-,31-29-,36-34-,37-35-,43-41-,44-42-. The highest BCUT2D eigenvalue weighted by molar-refractivity contribution is 5.71. The molecule has 0 aromatic heterocycles. The molecule has 0 radical (unpaired) electrons. The van der Waals surface area contributed by atoms with Crippen LogP contribution in [0.2, 0.25) is 0 Å². The van der Waals surface area contributed by atoms with Gasteiger partial charge < -0.3 is 14.2 Å². The summed E-state index contributed by atoms with van der Waals surface area (Å²) in [5.74, 6) is -1.13. The average Bonchev–Trinajstić information content (AvgIpc) is 3.28. The molecule has 0 spiro atoms. The molecular weight excluding hydrogens is 781 g/mol. The van der Waals surface area contributed by atoms with Gasteiger partial charge in [-0.05, 0) is 96.3 Å². The third-order valence-electron chi connectivity index (χ3n) is 9.37. The lowest BCUT2D eigenvalue weighted by Gasteiger charge is -2.18. The van der Waals surface area contributed by atoms with Crippen LogP contribution in [0.15, 0.2) is 146 Å².